The van der Waals surface area contributed by atoms with Gasteiger partial charge in [0.1, 0.15) is 5.69 Å². The third kappa shape index (κ3) is 3.97. The van der Waals surface area contributed by atoms with Crippen molar-refractivity contribution in [3.05, 3.63) is 30.3 Å². The predicted octanol–water partition coefficient (Wildman–Crippen LogP) is 0.915. The van der Waals surface area contributed by atoms with Crippen molar-refractivity contribution in [1.29, 1.82) is 0 Å². The Hall–Kier alpha value is -2.29. The normalized spacial score (nSPS) is 19.3. The van der Waals surface area contributed by atoms with Crippen molar-refractivity contribution in [3.8, 4) is 11.5 Å². The lowest BCUT2D eigenvalue weighted by Gasteiger charge is -2.16. The molecule has 1 saturated heterocycles. The van der Waals surface area contributed by atoms with Crippen LogP contribution in [0.5, 0.6) is 0 Å². The van der Waals surface area contributed by atoms with Gasteiger partial charge in [-0.05, 0) is 24.5 Å². The van der Waals surface area contributed by atoms with Crippen LogP contribution in [-0.4, -0.2) is 52.9 Å². The summed E-state index contributed by atoms with van der Waals surface area (Å²) in [5.41, 5.74) is 0.595. The molecule has 1 aliphatic rings. The highest BCUT2D eigenvalue weighted by Crippen LogP contribution is 2.22. The highest BCUT2D eigenvalue weighted by molar-refractivity contribution is 7.91. The molecular formula is C15H18N4O4S. The van der Waals surface area contributed by atoms with E-state index < -0.39 is 9.84 Å². The van der Waals surface area contributed by atoms with Gasteiger partial charge < -0.3 is 9.42 Å². The molecule has 0 aromatic carbocycles. The molecule has 1 aliphatic heterocycles. The first-order chi connectivity index (χ1) is 11.4. The molecule has 0 N–H and O–H groups in total. The maximum Gasteiger partial charge on any atom is 0.246 e. The van der Waals surface area contributed by atoms with E-state index in [1.807, 2.05) is 6.07 Å². The van der Waals surface area contributed by atoms with E-state index in [-0.39, 0.29) is 36.3 Å². The van der Waals surface area contributed by atoms with Gasteiger partial charge >= 0.3 is 0 Å². The molecule has 2 aromatic heterocycles. The summed E-state index contributed by atoms with van der Waals surface area (Å²) in [6, 6.07) is 5.38. The number of hydrogen-bond acceptors (Lipinski definition) is 7. The number of sulfone groups is 1. The average Bonchev–Trinajstić information content (AvgIpc) is 3.14. The molecular weight excluding hydrogens is 332 g/mol. The fourth-order valence-corrected chi connectivity index (χ4v) is 4.51. The molecule has 2 aromatic rings. The molecule has 3 heterocycles. The van der Waals surface area contributed by atoms with Crippen molar-refractivity contribution >= 4 is 15.7 Å². The first-order valence-electron chi connectivity index (χ1n) is 7.61. The van der Waals surface area contributed by atoms with Gasteiger partial charge in [-0.1, -0.05) is 11.2 Å². The zero-order valence-electron chi connectivity index (χ0n) is 13.3. The highest BCUT2D eigenvalue weighted by Gasteiger charge is 2.30. The Bertz CT molecular complexity index is 819. The second kappa shape index (κ2) is 6.68. The van der Waals surface area contributed by atoms with Crippen LogP contribution in [0.25, 0.3) is 11.5 Å². The Morgan fingerprint density at radius 3 is 2.92 bits per heavy atom. The van der Waals surface area contributed by atoms with Crippen molar-refractivity contribution in [2.24, 2.45) is 5.92 Å². The molecule has 1 atom stereocenters. The lowest BCUT2D eigenvalue weighted by Crippen LogP contribution is -2.28. The second-order valence-electron chi connectivity index (χ2n) is 5.95. The number of hydrogen-bond donors (Lipinski definition) is 0. The first-order valence-corrected chi connectivity index (χ1v) is 9.43. The minimum Gasteiger partial charge on any atom is -0.337 e. The third-order valence-corrected chi connectivity index (χ3v) is 5.79. The van der Waals surface area contributed by atoms with Crippen LogP contribution in [0.4, 0.5) is 0 Å². The maximum absolute atomic E-state index is 12.2. The average molecular weight is 350 g/mol. The van der Waals surface area contributed by atoms with Crippen molar-refractivity contribution in [1.82, 2.24) is 20.0 Å². The van der Waals surface area contributed by atoms with Gasteiger partial charge in [-0.3, -0.25) is 9.78 Å². The van der Waals surface area contributed by atoms with Crippen molar-refractivity contribution in [2.45, 2.75) is 19.4 Å². The largest absolute Gasteiger partial charge is 0.337 e. The fourth-order valence-electron chi connectivity index (χ4n) is 2.65. The summed E-state index contributed by atoms with van der Waals surface area (Å²) in [7, 11) is -1.34. The zero-order valence-corrected chi connectivity index (χ0v) is 14.1. The number of pyridine rings is 1. The number of carbonyl (C=O) groups excluding carboxylic acids is 1. The zero-order chi connectivity index (χ0) is 17.2. The number of nitrogens with zero attached hydrogens (tertiary/aromatic N) is 4. The smallest absolute Gasteiger partial charge is 0.246 e. The van der Waals surface area contributed by atoms with Crippen LogP contribution in [0.1, 0.15) is 18.7 Å². The molecule has 128 valence electrons. The summed E-state index contributed by atoms with van der Waals surface area (Å²) in [5.74, 6) is 0.716. The van der Waals surface area contributed by atoms with Crippen LogP contribution in [0.2, 0.25) is 0 Å². The summed E-state index contributed by atoms with van der Waals surface area (Å²) in [5, 5.41) is 3.86. The van der Waals surface area contributed by atoms with Crippen LogP contribution in [0.3, 0.4) is 0 Å². The number of carbonyl (C=O) groups is 1. The Balaban J connectivity index is 1.58. The lowest BCUT2D eigenvalue weighted by atomic mass is 10.0. The summed E-state index contributed by atoms with van der Waals surface area (Å²) < 4.78 is 28.1. The molecule has 24 heavy (non-hydrogen) atoms. The van der Waals surface area contributed by atoms with E-state index in [0.717, 1.165) is 0 Å². The van der Waals surface area contributed by atoms with Gasteiger partial charge in [0.15, 0.2) is 9.84 Å². The van der Waals surface area contributed by atoms with Gasteiger partial charge in [-0.15, -0.1) is 0 Å². The van der Waals surface area contributed by atoms with E-state index >= 15 is 0 Å². The monoisotopic (exact) mass is 350 g/mol. The molecule has 8 nitrogen and oxygen atoms in total. The lowest BCUT2D eigenvalue weighted by molar-refractivity contribution is -0.131. The molecule has 0 bridgehead atoms. The first kappa shape index (κ1) is 16.6. The van der Waals surface area contributed by atoms with Gasteiger partial charge in [0.25, 0.3) is 0 Å². The summed E-state index contributed by atoms with van der Waals surface area (Å²) in [4.78, 5) is 22.1. The summed E-state index contributed by atoms with van der Waals surface area (Å²) >= 11 is 0. The van der Waals surface area contributed by atoms with Gasteiger partial charge in [-0.25, -0.2) is 8.42 Å². The van der Waals surface area contributed by atoms with Crippen LogP contribution in [-0.2, 0) is 21.2 Å². The predicted molar refractivity (Wildman–Crippen MR) is 85.4 cm³/mol. The highest BCUT2D eigenvalue weighted by atomic mass is 32.2. The maximum atomic E-state index is 12.2. The van der Waals surface area contributed by atoms with E-state index in [1.165, 1.54) is 4.90 Å². The van der Waals surface area contributed by atoms with E-state index in [0.29, 0.717) is 23.8 Å². The Kier molecular flexibility index (Phi) is 4.61. The standard InChI is InChI=1S/C15H18N4O4S/c1-19(14(20)8-11-5-7-24(21,22)10-11)9-13-17-15(18-23-13)12-4-2-3-6-16-12/h2-4,6,11H,5,7-10H2,1H3/t11-/m1/s1. The van der Waals surface area contributed by atoms with E-state index in [2.05, 4.69) is 15.1 Å². The molecule has 1 amide bonds. The summed E-state index contributed by atoms with van der Waals surface area (Å²) in [6.45, 7) is 0.179. The quantitative estimate of drug-likeness (QED) is 0.789. The van der Waals surface area contributed by atoms with Crippen LogP contribution >= 0.6 is 0 Å². The van der Waals surface area contributed by atoms with E-state index in [1.54, 1.807) is 25.4 Å². The third-order valence-electron chi connectivity index (χ3n) is 3.95. The van der Waals surface area contributed by atoms with Gasteiger partial charge in [0, 0.05) is 19.7 Å². The van der Waals surface area contributed by atoms with E-state index in [9.17, 15) is 13.2 Å². The topological polar surface area (TPSA) is 106 Å². The molecule has 0 spiro atoms. The van der Waals surface area contributed by atoms with Crippen molar-refractivity contribution in [3.63, 3.8) is 0 Å². The molecule has 1 fully saturated rings. The molecule has 0 aliphatic carbocycles. The Morgan fingerprint density at radius 1 is 1.42 bits per heavy atom. The molecule has 3 rings (SSSR count). The molecule has 0 radical (unpaired) electrons. The second-order valence-corrected chi connectivity index (χ2v) is 8.18. The molecule has 0 saturated carbocycles. The number of rotatable bonds is 5. The Morgan fingerprint density at radius 2 is 2.25 bits per heavy atom. The van der Waals surface area contributed by atoms with Crippen molar-refractivity contribution in [2.75, 3.05) is 18.6 Å². The van der Waals surface area contributed by atoms with Crippen molar-refractivity contribution < 1.29 is 17.7 Å². The minimum atomic E-state index is -2.97. The molecule has 9 heteroatoms. The Labute approximate surface area is 139 Å². The SMILES string of the molecule is CN(Cc1nc(-c2ccccn2)no1)C(=O)C[C@H]1CCS(=O)(=O)C1. The minimum absolute atomic E-state index is 0.0942. The molecule has 0 unspecified atom stereocenters. The number of amides is 1. The van der Waals surface area contributed by atoms with Crippen LogP contribution < -0.4 is 0 Å². The fraction of sp³-hybridized carbons (Fsp3) is 0.467. The van der Waals surface area contributed by atoms with Gasteiger partial charge in [-0.2, -0.15) is 4.98 Å². The van der Waals surface area contributed by atoms with Gasteiger partial charge in [0.2, 0.25) is 17.6 Å². The van der Waals surface area contributed by atoms with Crippen LogP contribution in [0.15, 0.2) is 28.9 Å². The van der Waals surface area contributed by atoms with Gasteiger partial charge in [0.05, 0.1) is 18.1 Å². The summed E-state index contributed by atoms with van der Waals surface area (Å²) in [6.07, 6.45) is 2.40. The van der Waals surface area contributed by atoms with Crippen LogP contribution in [0, 0.1) is 5.92 Å². The van der Waals surface area contributed by atoms with E-state index in [4.69, 9.17) is 4.52 Å². The number of aromatic nitrogens is 3.